The number of nitrogens with zero attached hydrogens (tertiary/aromatic N) is 1. The third-order valence-electron chi connectivity index (χ3n) is 3.91. The Labute approximate surface area is 156 Å². The number of amides is 2. The van der Waals surface area contributed by atoms with Gasteiger partial charge in [0.1, 0.15) is 13.2 Å². The van der Waals surface area contributed by atoms with Crippen LogP contribution in [-0.2, 0) is 9.59 Å². The minimum absolute atomic E-state index is 0.152. The van der Waals surface area contributed by atoms with Gasteiger partial charge in [-0.05, 0) is 36.4 Å². The molecule has 0 radical (unpaired) electrons. The van der Waals surface area contributed by atoms with E-state index in [9.17, 15) is 9.59 Å². The second-order valence-corrected chi connectivity index (χ2v) is 6.24. The summed E-state index contributed by atoms with van der Waals surface area (Å²) >= 11 is 5.83. The number of hydrogen-bond donors (Lipinski definition) is 1. The van der Waals surface area contributed by atoms with E-state index in [2.05, 4.69) is 5.32 Å². The minimum atomic E-state index is -0.184. The molecule has 3 rings (SSSR count). The van der Waals surface area contributed by atoms with E-state index in [0.717, 1.165) is 0 Å². The van der Waals surface area contributed by atoms with Gasteiger partial charge in [0.15, 0.2) is 11.5 Å². The molecule has 0 unspecified atom stereocenters. The standard InChI is InChI=1S/C19H19ClN2O4/c1-13(23)22(16-6-7-17-18(12-16)26-11-10-25-17)9-8-19(24)21-15-4-2-14(20)3-5-15/h2-7,12H,8-11H2,1H3,(H,21,24). The molecule has 6 nitrogen and oxygen atoms in total. The minimum Gasteiger partial charge on any atom is -0.486 e. The van der Waals surface area contributed by atoms with Crippen LogP contribution in [0.2, 0.25) is 5.02 Å². The normalized spacial score (nSPS) is 12.4. The van der Waals surface area contributed by atoms with Crippen molar-refractivity contribution in [3.8, 4) is 11.5 Å². The number of carbonyl (C=O) groups is 2. The lowest BCUT2D eigenvalue weighted by atomic mass is 10.2. The van der Waals surface area contributed by atoms with Gasteiger partial charge in [-0.25, -0.2) is 0 Å². The highest BCUT2D eigenvalue weighted by atomic mass is 35.5. The third-order valence-corrected chi connectivity index (χ3v) is 4.16. The first-order valence-corrected chi connectivity index (χ1v) is 8.64. The first-order valence-electron chi connectivity index (χ1n) is 8.26. The van der Waals surface area contributed by atoms with Gasteiger partial charge in [-0.2, -0.15) is 0 Å². The van der Waals surface area contributed by atoms with Crippen LogP contribution < -0.4 is 19.7 Å². The summed E-state index contributed by atoms with van der Waals surface area (Å²) in [6.07, 6.45) is 0.163. The van der Waals surface area contributed by atoms with Crippen LogP contribution in [0.4, 0.5) is 11.4 Å². The molecule has 136 valence electrons. The summed E-state index contributed by atoms with van der Waals surface area (Å²) in [7, 11) is 0. The van der Waals surface area contributed by atoms with Crippen molar-refractivity contribution >= 4 is 34.8 Å². The van der Waals surface area contributed by atoms with E-state index >= 15 is 0 Å². The number of hydrogen-bond acceptors (Lipinski definition) is 4. The Bertz CT molecular complexity index is 808. The van der Waals surface area contributed by atoms with Crippen LogP contribution >= 0.6 is 11.6 Å². The predicted octanol–water partition coefficient (Wildman–Crippen LogP) is 3.49. The molecule has 0 saturated heterocycles. The molecule has 0 spiro atoms. The van der Waals surface area contributed by atoms with Gasteiger partial charge < -0.3 is 19.7 Å². The van der Waals surface area contributed by atoms with E-state index in [0.29, 0.717) is 41.1 Å². The molecule has 1 N–H and O–H groups in total. The first-order chi connectivity index (χ1) is 12.5. The highest BCUT2D eigenvalue weighted by Gasteiger charge is 2.18. The van der Waals surface area contributed by atoms with Crippen LogP contribution in [0, 0.1) is 0 Å². The fourth-order valence-electron chi connectivity index (χ4n) is 2.64. The number of anilines is 2. The number of nitrogens with one attached hydrogen (secondary N) is 1. The van der Waals surface area contributed by atoms with Gasteiger partial charge in [0, 0.05) is 42.4 Å². The summed E-state index contributed by atoms with van der Waals surface area (Å²) < 4.78 is 11.0. The molecule has 1 heterocycles. The van der Waals surface area contributed by atoms with E-state index in [4.69, 9.17) is 21.1 Å². The molecule has 1 aliphatic rings. The average Bonchev–Trinajstić information content (AvgIpc) is 2.63. The van der Waals surface area contributed by atoms with Crippen molar-refractivity contribution in [2.24, 2.45) is 0 Å². The second-order valence-electron chi connectivity index (χ2n) is 5.80. The molecule has 0 aliphatic carbocycles. The van der Waals surface area contributed by atoms with Crippen molar-refractivity contribution in [2.75, 3.05) is 30.0 Å². The molecule has 7 heteroatoms. The summed E-state index contributed by atoms with van der Waals surface area (Å²) in [4.78, 5) is 25.7. The maximum atomic E-state index is 12.2. The predicted molar refractivity (Wildman–Crippen MR) is 100 cm³/mol. The highest BCUT2D eigenvalue weighted by Crippen LogP contribution is 2.34. The number of ether oxygens (including phenoxy) is 2. The van der Waals surface area contributed by atoms with Gasteiger partial charge in [0.05, 0.1) is 0 Å². The summed E-state index contributed by atoms with van der Waals surface area (Å²) in [6.45, 7) is 2.70. The van der Waals surface area contributed by atoms with Crippen LogP contribution in [-0.4, -0.2) is 31.6 Å². The van der Waals surface area contributed by atoms with Crippen LogP contribution in [0.5, 0.6) is 11.5 Å². The van der Waals surface area contributed by atoms with E-state index in [-0.39, 0.29) is 24.8 Å². The number of rotatable bonds is 5. The molecule has 0 aromatic heterocycles. The summed E-state index contributed by atoms with van der Waals surface area (Å²) in [5, 5.41) is 3.39. The van der Waals surface area contributed by atoms with Gasteiger partial charge >= 0.3 is 0 Å². The molecular weight excluding hydrogens is 356 g/mol. The molecule has 0 bridgehead atoms. The van der Waals surface area contributed by atoms with Crippen LogP contribution in [0.15, 0.2) is 42.5 Å². The second kappa shape index (κ2) is 8.10. The Kier molecular flexibility index (Phi) is 5.63. The van der Waals surface area contributed by atoms with Gasteiger partial charge in [-0.15, -0.1) is 0 Å². The average molecular weight is 375 g/mol. The van der Waals surface area contributed by atoms with Crippen LogP contribution in [0.3, 0.4) is 0 Å². The largest absolute Gasteiger partial charge is 0.486 e. The summed E-state index contributed by atoms with van der Waals surface area (Å²) in [6, 6.07) is 12.2. The van der Waals surface area contributed by atoms with Crippen molar-refractivity contribution in [3.63, 3.8) is 0 Å². The molecule has 2 aromatic rings. The number of halogens is 1. The van der Waals surface area contributed by atoms with Gasteiger partial charge in [0.2, 0.25) is 11.8 Å². The van der Waals surface area contributed by atoms with Crippen molar-refractivity contribution in [1.82, 2.24) is 0 Å². The van der Waals surface area contributed by atoms with E-state index in [1.54, 1.807) is 47.4 Å². The quantitative estimate of drug-likeness (QED) is 0.869. The maximum absolute atomic E-state index is 12.2. The highest BCUT2D eigenvalue weighted by molar-refractivity contribution is 6.30. The zero-order valence-corrected chi connectivity index (χ0v) is 15.1. The van der Waals surface area contributed by atoms with Gasteiger partial charge in [0.25, 0.3) is 0 Å². The van der Waals surface area contributed by atoms with Crippen molar-refractivity contribution in [3.05, 3.63) is 47.5 Å². The zero-order valence-electron chi connectivity index (χ0n) is 14.3. The first kappa shape index (κ1) is 18.1. The molecular formula is C19H19ClN2O4. The monoisotopic (exact) mass is 374 g/mol. The topological polar surface area (TPSA) is 67.9 Å². The van der Waals surface area contributed by atoms with E-state index < -0.39 is 0 Å². The summed E-state index contributed by atoms with van der Waals surface area (Å²) in [5.41, 5.74) is 1.33. The molecule has 2 amide bonds. The Morgan fingerprint density at radius 3 is 2.46 bits per heavy atom. The number of fused-ring (bicyclic) bond motifs is 1. The van der Waals surface area contributed by atoms with Crippen molar-refractivity contribution in [1.29, 1.82) is 0 Å². The lowest BCUT2D eigenvalue weighted by Crippen LogP contribution is -2.32. The molecule has 0 atom stereocenters. The lowest BCUT2D eigenvalue weighted by molar-refractivity contribution is -0.117. The molecule has 26 heavy (non-hydrogen) atoms. The fraction of sp³-hybridized carbons (Fsp3) is 0.263. The Morgan fingerprint density at radius 1 is 1.08 bits per heavy atom. The van der Waals surface area contributed by atoms with Crippen molar-refractivity contribution in [2.45, 2.75) is 13.3 Å². The van der Waals surface area contributed by atoms with E-state index in [1.165, 1.54) is 6.92 Å². The molecule has 1 aliphatic heterocycles. The molecule has 0 saturated carbocycles. The van der Waals surface area contributed by atoms with Gasteiger partial charge in [-0.1, -0.05) is 11.6 Å². The Hall–Kier alpha value is -2.73. The Morgan fingerprint density at radius 2 is 1.77 bits per heavy atom. The Balaban J connectivity index is 1.64. The smallest absolute Gasteiger partial charge is 0.226 e. The number of carbonyl (C=O) groups excluding carboxylic acids is 2. The zero-order chi connectivity index (χ0) is 18.5. The van der Waals surface area contributed by atoms with E-state index in [1.807, 2.05) is 0 Å². The molecule has 0 fully saturated rings. The maximum Gasteiger partial charge on any atom is 0.226 e. The molecule has 2 aromatic carbocycles. The SMILES string of the molecule is CC(=O)N(CCC(=O)Nc1ccc(Cl)cc1)c1ccc2c(c1)OCCO2. The third kappa shape index (κ3) is 4.46. The van der Waals surface area contributed by atoms with Crippen LogP contribution in [0.25, 0.3) is 0 Å². The van der Waals surface area contributed by atoms with Crippen LogP contribution in [0.1, 0.15) is 13.3 Å². The van der Waals surface area contributed by atoms with Crippen molar-refractivity contribution < 1.29 is 19.1 Å². The summed E-state index contributed by atoms with van der Waals surface area (Å²) in [5.74, 6) is 0.923. The lowest BCUT2D eigenvalue weighted by Gasteiger charge is -2.24. The number of benzene rings is 2. The fourth-order valence-corrected chi connectivity index (χ4v) is 2.76. The van der Waals surface area contributed by atoms with Gasteiger partial charge in [-0.3, -0.25) is 9.59 Å².